The van der Waals surface area contributed by atoms with E-state index in [1.807, 2.05) is 13.8 Å². The molecular formula is C20H21NO6. The lowest BCUT2D eigenvalue weighted by Crippen LogP contribution is -2.20. The molecule has 0 fully saturated rings. The minimum Gasteiger partial charge on any atom is -0.454 e. The highest BCUT2D eigenvalue weighted by Gasteiger charge is 2.15. The van der Waals surface area contributed by atoms with Gasteiger partial charge in [0.1, 0.15) is 0 Å². The summed E-state index contributed by atoms with van der Waals surface area (Å²) in [4.78, 5) is 24.0. The van der Waals surface area contributed by atoms with E-state index in [0.717, 1.165) is 5.56 Å². The molecule has 1 N–H and O–H groups in total. The van der Waals surface area contributed by atoms with Gasteiger partial charge in [0, 0.05) is 11.8 Å². The molecule has 2 aromatic rings. The Labute approximate surface area is 157 Å². The summed E-state index contributed by atoms with van der Waals surface area (Å²) in [6, 6.07) is 11.9. The summed E-state index contributed by atoms with van der Waals surface area (Å²) in [5.41, 5.74) is 1.87. The van der Waals surface area contributed by atoms with Crippen LogP contribution in [0.5, 0.6) is 11.5 Å². The van der Waals surface area contributed by atoms with Crippen molar-refractivity contribution in [2.45, 2.75) is 26.6 Å². The van der Waals surface area contributed by atoms with E-state index in [9.17, 15) is 9.59 Å². The fourth-order valence-electron chi connectivity index (χ4n) is 2.39. The molecule has 7 heteroatoms. The minimum atomic E-state index is -0.563. The summed E-state index contributed by atoms with van der Waals surface area (Å²) >= 11 is 0. The molecule has 2 aromatic carbocycles. The average molecular weight is 371 g/mol. The van der Waals surface area contributed by atoms with Gasteiger partial charge < -0.3 is 24.3 Å². The van der Waals surface area contributed by atoms with Gasteiger partial charge in [-0.25, -0.2) is 4.79 Å². The third kappa shape index (κ3) is 5.21. The maximum atomic E-state index is 12.1. The van der Waals surface area contributed by atoms with Crippen molar-refractivity contribution in [2.75, 3.05) is 18.7 Å². The molecule has 0 aromatic heterocycles. The van der Waals surface area contributed by atoms with Crippen LogP contribution in [0.4, 0.5) is 5.69 Å². The predicted octanol–water partition coefficient (Wildman–Crippen LogP) is 3.14. The van der Waals surface area contributed by atoms with Crippen LogP contribution in [0, 0.1) is 0 Å². The molecule has 0 saturated heterocycles. The third-order valence-electron chi connectivity index (χ3n) is 3.76. The number of nitrogens with one attached hydrogen (secondary N) is 1. The molecule has 1 aliphatic heterocycles. The van der Waals surface area contributed by atoms with Gasteiger partial charge in [-0.3, -0.25) is 4.79 Å². The van der Waals surface area contributed by atoms with Crippen molar-refractivity contribution in [1.29, 1.82) is 0 Å². The van der Waals surface area contributed by atoms with Crippen molar-refractivity contribution >= 4 is 17.6 Å². The van der Waals surface area contributed by atoms with Gasteiger partial charge in [0.05, 0.1) is 18.3 Å². The molecular weight excluding hydrogens is 350 g/mol. The third-order valence-corrected chi connectivity index (χ3v) is 3.76. The van der Waals surface area contributed by atoms with Crippen LogP contribution in [-0.4, -0.2) is 31.4 Å². The number of hydrogen-bond acceptors (Lipinski definition) is 6. The Morgan fingerprint density at radius 3 is 2.56 bits per heavy atom. The Morgan fingerprint density at radius 1 is 1.07 bits per heavy atom. The van der Waals surface area contributed by atoms with Crippen LogP contribution in [0.25, 0.3) is 0 Å². The quantitative estimate of drug-likeness (QED) is 0.753. The topological polar surface area (TPSA) is 83.1 Å². The summed E-state index contributed by atoms with van der Waals surface area (Å²) in [7, 11) is 0. The SMILES string of the molecule is CC(C)OCc1ccc(C(=O)OCC(=O)Nc2ccc3c(c2)OCO3)cc1. The molecule has 0 bridgehead atoms. The van der Waals surface area contributed by atoms with Crippen molar-refractivity contribution in [3.05, 3.63) is 53.6 Å². The molecule has 142 valence electrons. The molecule has 1 amide bonds. The zero-order valence-electron chi connectivity index (χ0n) is 15.2. The lowest BCUT2D eigenvalue weighted by Gasteiger charge is -2.09. The Hall–Kier alpha value is -3.06. The van der Waals surface area contributed by atoms with E-state index in [2.05, 4.69) is 5.32 Å². The molecule has 0 radical (unpaired) electrons. The van der Waals surface area contributed by atoms with E-state index in [1.54, 1.807) is 42.5 Å². The molecule has 7 nitrogen and oxygen atoms in total. The second-order valence-corrected chi connectivity index (χ2v) is 6.25. The van der Waals surface area contributed by atoms with E-state index in [0.29, 0.717) is 29.4 Å². The van der Waals surface area contributed by atoms with Gasteiger partial charge in [0.15, 0.2) is 18.1 Å². The summed E-state index contributed by atoms with van der Waals surface area (Å²) in [6.07, 6.45) is 0.137. The highest BCUT2D eigenvalue weighted by atomic mass is 16.7. The highest BCUT2D eigenvalue weighted by molar-refractivity contribution is 5.95. The molecule has 0 unspecified atom stereocenters. The monoisotopic (exact) mass is 371 g/mol. The number of ether oxygens (including phenoxy) is 4. The van der Waals surface area contributed by atoms with Crippen LogP contribution in [0.15, 0.2) is 42.5 Å². The largest absolute Gasteiger partial charge is 0.454 e. The number of carbonyl (C=O) groups excluding carboxylic acids is 2. The van der Waals surface area contributed by atoms with Gasteiger partial charge in [-0.1, -0.05) is 12.1 Å². The lowest BCUT2D eigenvalue weighted by molar-refractivity contribution is -0.119. The lowest BCUT2D eigenvalue weighted by atomic mass is 10.1. The van der Waals surface area contributed by atoms with Crippen LogP contribution < -0.4 is 14.8 Å². The molecule has 1 heterocycles. The molecule has 0 saturated carbocycles. The predicted molar refractivity (Wildman–Crippen MR) is 97.8 cm³/mol. The Balaban J connectivity index is 1.47. The number of amides is 1. The average Bonchev–Trinajstić information content (AvgIpc) is 3.12. The van der Waals surface area contributed by atoms with E-state index < -0.39 is 11.9 Å². The van der Waals surface area contributed by atoms with E-state index in [-0.39, 0.29) is 19.5 Å². The smallest absolute Gasteiger partial charge is 0.338 e. The first kappa shape index (κ1) is 18.7. The fraction of sp³-hybridized carbons (Fsp3) is 0.300. The van der Waals surface area contributed by atoms with Crippen molar-refractivity contribution in [3.8, 4) is 11.5 Å². The van der Waals surface area contributed by atoms with Gasteiger partial charge >= 0.3 is 5.97 Å². The van der Waals surface area contributed by atoms with Gasteiger partial charge in [-0.2, -0.15) is 0 Å². The molecule has 3 rings (SSSR count). The number of esters is 1. The fourth-order valence-corrected chi connectivity index (χ4v) is 2.39. The van der Waals surface area contributed by atoms with Crippen molar-refractivity contribution < 1.29 is 28.5 Å². The maximum absolute atomic E-state index is 12.1. The van der Waals surface area contributed by atoms with Crippen molar-refractivity contribution in [2.24, 2.45) is 0 Å². The van der Waals surface area contributed by atoms with Crippen LogP contribution in [0.2, 0.25) is 0 Å². The minimum absolute atomic E-state index is 0.137. The van der Waals surface area contributed by atoms with Gasteiger partial charge in [0.2, 0.25) is 6.79 Å². The standard InChI is InChI=1S/C20H21NO6/c1-13(2)24-10-14-3-5-15(6-4-14)20(23)25-11-19(22)21-16-7-8-17-18(9-16)27-12-26-17/h3-9,13H,10-12H2,1-2H3,(H,21,22). The molecule has 0 atom stereocenters. The first-order chi connectivity index (χ1) is 13.0. The zero-order chi connectivity index (χ0) is 19.2. The molecule has 0 aliphatic carbocycles. The van der Waals surface area contributed by atoms with Crippen LogP contribution >= 0.6 is 0 Å². The van der Waals surface area contributed by atoms with E-state index in [4.69, 9.17) is 18.9 Å². The Kier molecular flexibility index (Phi) is 5.93. The number of anilines is 1. The number of rotatable bonds is 7. The van der Waals surface area contributed by atoms with E-state index in [1.165, 1.54) is 0 Å². The first-order valence-electron chi connectivity index (χ1n) is 8.58. The highest BCUT2D eigenvalue weighted by Crippen LogP contribution is 2.34. The molecule has 0 spiro atoms. The van der Waals surface area contributed by atoms with Crippen molar-refractivity contribution in [3.63, 3.8) is 0 Å². The summed E-state index contributed by atoms with van der Waals surface area (Å²) in [5, 5.41) is 2.65. The van der Waals surface area contributed by atoms with Crippen LogP contribution in [-0.2, 0) is 20.9 Å². The van der Waals surface area contributed by atoms with Crippen LogP contribution in [0.1, 0.15) is 29.8 Å². The Morgan fingerprint density at radius 2 is 1.81 bits per heavy atom. The van der Waals surface area contributed by atoms with Gasteiger partial charge in [-0.15, -0.1) is 0 Å². The number of fused-ring (bicyclic) bond motifs is 1. The zero-order valence-corrected chi connectivity index (χ0v) is 15.2. The summed E-state index contributed by atoms with van der Waals surface area (Å²) < 4.78 is 21.0. The molecule has 27 heavy (non-hydrogen) atoms. The normalized spacial score (nSPS) is 12.1. The summed E-state index contributed by atoms with van der Waals surface area (Å²) in [5.74, 6) is 0.185. The second-order valence-electron chi connectivity index (χ2n) is 6.25. The van der Waals surface area contributed by atoms with Crippen molar-refractivity contribution in [1.82, 2.24) is 0 Å². The first-order valence-corrected chi connectivity index (χ1v) is 8.58. The Bertz CT molecular complexity index is 816. The van der Waals surface area contributed by atoms with Crippen LogP contribution in [0.3, 0.4) is 0 Å². The maximum Gasteiger partial charge on any atom is 0.338 e. The van der Waals surface area contributed by atoms with Gasteiger partial charge in [-0.05, 0) is 43.7 Å². The number of hydrogen-bond donors (Lipinski definition) is 1. The number of carbonyl (C=O) groups is 2. The molecule has 1 aliphatic rings. The summed E-state index contributed by atoms with van der Waals surface area (Å²) in [6.45, 7) is 4.17. The van der Waals surface area contributed by atoms with E-state index >= 15 is 0 Å². The van der Waals surface area contributed by atoms with Gasteiger partial charge in [0.25, 0.3) is 5.91 Å². The second kappa shape index (κ2) is 8.55. The number of benzene rings is 2.